The highest BCUT2D eigenvalue weighted by atomic mass is 16.6. The number of aromatic nitrogens is 1. The van der Waals surface area contributed by atoms with Gasteiger partial charge in [-0.2, -0.15) is 4.98 Å². The van der Waals surface area contributed by atoms with Gasteiger partial charge in [0.15, 0.2) is 0 Å². The van der Waals surface area contributed by atoms with Crippen LogP contribution in [-0.2, 0) is 6.54 Å². The third-order valence-corrected chi connectivity index (χ3v) is 2.71. The molecule has 1 heterocycles. The molecule has 5 nitrogen and oxygen atoms in total. The molecule has 0 saturated carbocycles. The average Bonchev–Trinajstić information content (AvgIpc) is 2.92. The van der Waals surface area contributed by atoms with Crippen LogP contribution in [0.4, 0.5) is 0 Å². The van der Waals surface area contributed by atoms with Gasteiger partial charge in [-0.1, -0.05) is 32.0 Å². The summed E-state index contributed by atoms with van der Waals surface area (Å²) < 4.78 is 16.2. The topological polar surface area (TPSA) is 56.5 Å². The fourth-order valence-corrected chi connectivity index (χ4v) is 1.73. The molecule has 2 rings (SSSR count). The monoisotopic (exact) mass is 290 g/mol. The number of nitrogens with one attached hydrogen (secondary N) is 1. The number of benzene rings is 1. The summed E-state index contributed by atoms with van der Waals surface area (Å²) in [6, 6.07) is 9.62. The second-order valence-electron chi connectivity index (χ2n) is 5.14. The largest absolute Gasteiger partial charge is 0.490 e. The SMILES string of the molecule is CC(C)CNCc1coc(OCCOc2ccccc2)n1. The molecule has 0 aliphatic rings. The number of ether oxygens (including phenoxy) is 2. The van der Waals surface area contributed by atoms with Crippen LogP contribution in [0.1, 0.15) is 19.5 Å². The third-order valence-electron chi connectivity index (χ3n) is 2.71. The van der Waals surface area contributed by atoms with E-state index >= 15 is 0 Å². The molecule has 0 amide bonds. The first-order chi connectivity index (χ1) is 10.2. The summed E-state index contributed by atoms with van der Waals surface area (Å²) in [4.78, 5) is 4.24. The van der Waals surface area contributed by atoms with Gasteiger partial charge in [-0.3, -0.25) is 0 Å². The lowest BCUT2D eigenvalue weighted by atomic mass is 10.2. The summed E-state index contributed by atoms with van der Waals surface area (Å²) in [5.41, 5.74) is 0.842. The van der Waals surface area contributed by atoms with Crippen molar-refractivity contribution >= 4 is 0 Å². The van der Waals surface area contributed by atoms with Crippen LogP contribution in [-0.4, -0.2) is 24.7 Å². The molecule has 0 aliphatic carbocycles. The van der Waals surface area contributed by atoms with Gasteiger partial charge in [0.25, 0.3) is 0 Å². The van der Waals surface area contributed by atoms with Crippen LogP contribution in [0.3, 0.4) is 0 Å². The number of nitrogens with zero attached hydrogens (tertiary/aromatic N) is 1. The standard InChI is InChI=1S/C16H22N2O3/c1-13(2)10-17-11-14-12-21-16(18-14)20-9-8-19-15-6-4-3-5-7-15/h3-7,12-13,17H,8-11H2,1-2H3. The minimum atomic E-state index is 0.285. The smallest absolute Gasteiger partial charge is 0.393 e. The zero-order chi connectivity index (χ0) is 14.9. The summed E-state index contributed by atoms with van der Waals surface area (Å²) >= 11 is 0. The van der Waals surface area contributed by atoms with E-state index in [9.17, 15) is 0 Å². The van der Waals surface area contributed by atoms with E-state index in [1.807, 2.05) is 30.3 Å². The molecular weight excluding hydrogens is 268 g/mol. The molecule has 2 aromatic rings. The normalized spacial score (nSPS) is 10.8. The number of rotatable bonds is 9. The molecule has 0 bridgehead atoms. The van der Waals surface area contributed by atoms with Crippen molar-refractivity contribution in [1.82, 2.24) is 10.3 Å². The second-order valence-corrected chi connectivity index (χ2v) is 5.14. The summed E-state index contributed by atoms with van der Waals surface area (Å²) in [5, 5.41) is 3.30. The first-order valence-corrected chi connectivity index (χ1v) is 7.20. The Morgan fingerprint density at radius 1 is 1.14 bits per heavy atom. The Hall–Kier alpha value is -2.01. The first-order valence-electron chi connectivity index (χ1n) is 7.20. The highest BCUT2D eigenvalue weighted by Crippen LogP contribution is 2.11. The molecule has 0 spiro atoms. The molecule has 0 radical (unpaired) electrons. The first kappa shape index (κ1) is 15.4. The van der Waals surface area contributed by atoms with Crippen LogP contribution in [0, 0.1) is 5.92 Å². The van der Waals surface area contributed by atoms with Gasteiger partial charge in [-0.15, -0.1) is 0 Å². The minimum Gasteiger partial charge on any atom is -0.490 e. The van der Waals surface area contributed by atoms with Gasteiger partial charge in [-0.05, 0) is 24.6 Å². The van der Waals surface area contributed by atoms with Crippen molar-refractivity contribution in [3.05, 3.63) is 42.3 Å². The van der Waals surface area contributed by atoms with Gasteiger partial charge in [-0.25, -0.2) is 0 Å². The van der Waals surface area contributed by atoms with E-state index in [2.05, 4.69) is 24.1 Å². The molecule has 0 fully saturated rings. The molecule has 114 valence electrons. The van der Waals surface area contributed by atoms with E-state index in [1.165, 1.54) is 0 Å². The van der Waals surface area contributed by atoms with E-state index < -0.39 is 0 Å². The Morgan fingerprint density at radius 3 is 2.67 bits per heavy atom. The molecule has 1 N–H and O–H groups in total. The maximum atomic E-state index is 5.52. The van der Waals surface area contributed by atoms with Gasteiger partial charge in [0, 0.05) is 6.54 Å². The maximum Gasteiger partial charge on any atom is 0.393 e. The van der Waals surface area contributed by atoms with Gasteiger partial charge in [0.1, 0.15) is 25.2 Å². The lowest BCUT2D eigenvalue weighted by Gasteiger charge is -2.05. The molecule has 0 atom stereocenters. The molecular formula is C16H22N2O3. The Bertz CT molecular complexity index is 511. The minimum absolute atomic E-state index is 0.285. The van der Waals surface area contributed by atoms with Crippen LogP contribution in [0.2, 0.25) is 0 Å². The lowest BCUT2D eigenvalue weighted by Crippen LogP contribution is -2.19. The van der Waals surface area contributed by atoms with E-state index in [0.717, 1.165) is 18.0 Å². The molecule has 21 heavy (non-hydrogen) atoms. The Labute approximate surface area is 125 Å². The number of hydrogen-bond donors (Lipinski definition) is 1. The van der Waals surface area contributed by atoms with Crippen LogP contribution < -0.4 is 14.8 Å². The summed E-state index contributed by atoms with van der Waals surface area (Å²) in [7, 11) is 0. The van der Waals surface area contributed by atoms with Crippen LogP contribution in [0.25, 0.3) is 0 Å². The van der Waals surface area contributed by atoms with Gasteiger partial charge < -0.3 is 19.2 Å². The maximum absolute atomic E-state index is 5.52. The lowest BCUT2D eigenvalue weighted by molar-refractivity contribution is 0.176. The van der Waals surface area contributed by atoms with Crippen LogP contribution in [0.5, 0.6) is 11.8 Å². The fraction of sp³-hybridized carbons (Fsp3) is 0.438. The zero-order valence-corrected chi connectivity index (χ0v) is 12.5. The van der Waals surface area contributed by atoms with Crippen LogP contribution >= 0.6 is 0 Å². The van der Waals surface area contributed by atoms with E-state index in [0.29, 0.717) is 25.7 Å². The Balaban J connectivity index is 1.63. The van der Waals surface area contributed by atoms with Crippen molar-refractivity contribution in [2.45, 2.75) is 20.4 Å². The van der Waals surface area contributed by atoms with Crippen molar-refractivity contribution in [3.8, 4) is 11.8 Å². The van der Waals surface area contributed by atoms with Crippen molar-refractivity contribution in [2.75, 3.05) is 19.8 Å². The Kier molecular flexibility index (Phi) is 6.09. The number of hydrogen-bond acceptors (Lipinski definition) is 5. The van der Waals surface area contributed by atoms with E-state index in [-0.39, 0.29) is 6.08 Å². The zero-order valence-electron chi connectivity index (χ0n) is 12.5. The van der Waals surface area contributed by atoms with Crippen molar-refractivity contribution in [3.63, 3.8) is 0 Å². The van der Waals surface area contributed by atoms with E-state index in [1.54, 1.807) is 6.26 Å². The molecule has 0 saturated heterocycles. The van der Waals surface area contributed by atoms with Crippen molar-refractivity contribution in [2.24, 2.45) is 5.92 Å². The molecule has 5 heteroatoms. The summed E-state index contributed by atoms with van der Waals surface area (Å²) in [6.45, 7) is 6.81. The molecule has 0 unspecified atom stereocenters. The van der Waals surface area contributed by atoms with E-state index in [4.69, 9.17) is 13.9 Å². The molecule has 0 aliphatic heterocycles. The third kappa shape index (κ3) is 5.87. The van der Waals surface area contributed by atoms with Gasteiger partial charge in [0.2, 0.25) is 0 Å². The van der Waals surface area contributed by atoms with Crippen molar-refractivity contribution in [1.29, 1.82) is 0 Å². The predicted octanol–water partition coefficient (Wildman–Crippen LogP) is 2.88. The molecule has 1 aromatic heterocycles. The summed E-state index contributed by atoms with van der Waals surface area (Å²) in [6.07, 6.45) is 1.90. The fourth-order valence-electron chi connectivity index (χ4n) is 1.73. The second kappa shape index (κ2) is 8.32. The van der Waals surface area contributed by atoms with Crippen LogP contribution in [0.15, 0.2) is 41.0 Å². The quantitative estimate of drug-likeness (QED) is 0.720. The summed E-state index contributed by atoms with van der Waals surface area (Å²) in [5.74, 6) is 1.44. The number of para-hydroxylation sites is 1. The predicted molar refractivity (Wildman–Crippen MR) is 80.5 cm³/mol. The van der Waals surface area contributed by atoms with Gasteiger partial charge >= 0.3 is 6.08 Å². The highest BCUT2D eigenvalue weighted by Gasteiger charge is 2.05. The highest BCUT2D eigenvalue weighted by molar-refractivity contribution is 5.20. The van der Waals surface area contributed by atoms with Gasteiger partial charge in [0.05, 0.1) is 5.69 Å². The Morgan fingerprint density at radius 2 is 1.90 bits per heavy atom. The number of oxazole rings is 1. The van der Waals surface area contributed by atoms with Crippen molar-refractivity contribution < 1.29 is 13.9 Å². The average molecular weight is 290 g/mol. The molecule has 1 aromatic carbocycles.